The van der Waals surface area contributed by atoms with Crippen LogP contribution in [-0.2, 0) is 0 Å². The van der Waals surface area contributed by atoms with Gasteiger partial charge >= 0.3 is 12.0 Å². The predicted octanol–water partition coefficient (Wildman–Crippen LogP) is 3.12. The van der Waals surface area contributed by atoms with E-state index in [0.29, 0.717) is 12.2 Å². The lowest BCUT2D eigenvalue weighted by molar-refractivity contribution is 0.0697. The molecule has 1 rings (SSSR count). The van der Waals surface area contributed by atoms with Crippen LogP contribution >= 0.6 is 0 Å². The summed E-state index contributed by atoms with van der Waals surface area (Å²) in [6.45, 7) is 9.69. The maximum absolute atomic E-state index is 12.2. The molecule has 0 aromatic heterocycles. The van der Waals surface area contributed by atoms with E-state index in [9.17, 15) is 9.59 Å². The number of anilines is 1. The van der Waals surface area contributed by atoms with Crippen LogP contribution in [0, 0.1) is 6.92 Å². The Balaban J connectivity index is 2.96. The Morgan fingerprint density at radius 1 is 1.45 bits per heavy atom. The average Bonchev–Trinajstić information content (AvgIpc) is 2.37. The van der Waals surface area contributed by atoms with Crippen molar-refractivity contribution in [3.8, 4) is 0 Å². The molecule has 0 unspecified atom stereocenters. The van der Waals surface area contributed by atoms with E-state index in [1.54, 1.807) is 17.0 Å². The molecule has 0 bridgehead atoms. The largest absolute Gasteiger partial charge is 0.478 e. The first-order chi connectivity index (χ1) is 9.36. The summed E-state index contributed by atoms with van der Waals surface area (Å²) in [5.74, 6) is -1.02. The molecule has 1 aromatic carbocycles. The number of nitrogens with one attached hydrogen (secondary N) is 1. The minimum absolute atomic E-state index is 0.0240. The van der Waals surface area contributed by atoms with Crippen LogP contribution in [0.25, 0.3) is 0 Å². The van der Waals surface area contributed by atoms with Gasteiger partial charge in [-0.05, 0) is 38.5 Å². The van der Waals surface area contributed by atoms with Crippen molar-refractivity contribution in [2.45, 2.75) is 26.8 Å². The number of benzene rings is 1. The van der Waals surface area contributed by atoms with Gasteiger partial charge in [0, 0.05) is 18.3 Å². The third-order valence-electron chi connectivity index (χ3n) is 2.94. The number of carboxylic acids is 1. The highest BCUT2D eigenvalue weighted by atomic mass is 16.4. The number of aromatic carboxylic acids is 1. The first-order valence-electron chi connectivity index (χ1n) is 6.39. The average molecular weight is 276 g/mol. The van der Waals surface area contributed by atoms with Gasteiger partial charge in [0.05, 0.1) is 5.56 Å². The molecule has 5 nitrogen and oxygen atoms in total. The second kappa shape index (κ2) is 6.75. The molecule has 0 spiro atoms. The zero-order valence-corrected chi connectivity index (χ0v) is 12.0. The lowest BCUT2D eigenvalue weighted by Crippen LogP contribution is -2.40. The van der Waals surface area contributed by atoms with Crippen LogP contribution in [-0.4, -0.2) is 34.6 Å². The maximum atomic E-state index is 12.2. The molecule has 20 heavy (non-hydrogen) atoms. The summed E-state index contributed by atoms with van der Waals surface area (Å²) >= 11 is 0. The number of aryl methyl sites for hydroxylation is 1. The van der Waals surface area contributed by atoms with Crippen LogP contribution in [0.2, 0.25) is 0 Å². The first kappa shape index (κ1) is 15.8. The van der Waals surface area contributed by atoms with E-state index in [-0.39, 0.29) is 17.6 Å². The van der Waals surface area contributed by atoms with E-state index >= 15 is 0 Å². The molecule has 2 N–H and O–H groups in total. The topological polar surface area (TPSA) is 69.6 Å². The van der Waals surface area contributed by atoms with Crippen LogP contribution < -0.4 is 5.32 Å². The molecule has 0 atom stereocenters. The van der Waals surface area contributed by atoms with Gasteiger partial charge in [-0.2, -0.15) is 0 Å². The van der Waals surface area contributed by atoms with Gasteiger partial charge in [-0.1, -0.05) is 12.1 Å². The quantitative estimate of drug-likeness (QED) is 0.812. The number of hydrogen-bond acceptors (Lipinski definition) is 2. The number of hydrogen-bond donors (Lipinski definition) is 2. The van der Waals surface area contributed by atoms with Gasteiger partial charge in [-0.3, -0.25) is 0 Å². The summed E-state index contributed by atoms with van der Waals surface area (Å²) in [7, 11) is 0. The second-order valence-electron chi connectivity index (χ2n) is 4.80. The highest BCUT2D eigenvalue weighted by Crippen LogP contribution is 2.18. The third kappa shape index (κ3) is 3.85. The van der Waals surface area contributed by atoms with Crippen LogP contribution in [0.4, 0.5) is 10.5 Å². The number of carbonyl (C=O) groups is 2. The first-order valence-corrected chi connectivity index (χ1v) is 6.39. The summed E-state index contributed by atoms with van der Waals surface area (Å²) in [5.41, 5.74) is 1.46. The van der Waals surface area contributed by atoms with Crippen molar-refractivity contribution in [3.05, 3.63) is 42.0 Å². The van der Waals surface area contributed by atoms with Crippen molar-refractivity contribution >= 4 is 17.7 Å². The fourth-order valence-electron chi connectivity index (χ4n) is 1.74. The molecule has 0 aliphatic heterocycles. The normalized spacial score (nSPS) is 10.2. The number of rotatable bonds is 5. The Hall–Kier alpha value is -2.30. The highest BCUT2D eigenvalue weighted by molar-refractivity contribution is 5.94. The zero-order valence-electron chi connectivity index (χ0n) is 12.0. The minimum Gasteiger partial charge on any atom is -0.478 e. The molecule has 2 amide bonds. The standard InChI is InChI=1S/C15H20N2O3/c1-5-8-17(10(2)3)15(20)16-13-9-12(14(18)19)7-6-11(13)4/h5-7,9-10H,1,8H2,2-4H3,(H,16,20)(H,18,19). The van der Waals surface area contributed by atoms with Gasteiger partial charge in [0.25, 0.3) is 0 Å². The molecule has 0 aliphatic carbocycles. The molecule has 108 valence electrons. The van der Waals surface area contributed by atoms with Crippen molar-refractivity contribution in [2.75, 3.05) is 11.9 Å². The molecule has 5 heteroatoms. The fraction of sp³-hybridized carbons (Fsp3) is 0.333. The van der Waals surface area contributed by atoms with Gasteiger partial charge in [0.15, 0.2) is 0 Å². The van der Waals surface area contributed by atoms with Crippen molar-refractivity contribution in [1.29, 1.82) is 0 Å². The molecule has 0 heterocycles. The SMILES string of the molecule is C=CCN(C(=O)Nc1cc(C(=O)O)ccc1C)C(C)C. The summed E-state index contributed by atoms with van der Waals surface area (Å²) in [4.78, 5) is 24.8. The fourth-order valence-corrected chi connectivity index (χ4v) is 1.74. The molecule has 0 radical (unpaired) electrons. The lowest BCUT2D eigenvalue weighted by Gasteiger charge is -2.26. The van der Waals surface area contributed by atoms with Crippen molar-refractivity contribution in [3.63, 3.8) is 0 Å². The molecule has 0 saturated carbocycles. The molecular formula is C15H20N2O3. The predicted molar refractivity (Wildman–Crippen MR) is 79.2 cm³/mol. The van der Waals surface area contributed by atoms with Gasteiger partial charge in [-0.25, -0.2) is 9.59 Å². The molecule has 0 fully saturated rings. The van der Waals surface area contributed by atoms with Crippen molar-refractivity contribution in [2.24, 2.45) is 0 Å². The van der Waals surface area contributed by atoms with Crippen molar-refractivity contribution < 1.29 is 14.7 Å². The molecular weight excluding hydrogens is 256 g/mol. The number of carbonyl (C=O) groups excluding carboxylic acids is 1. The Kier molecular flexibility index (Phi) is 5.32. The Morgan fingerprint density at radius 2 is 2.10 bits per heavy atom. The highest BCUT2D eigenvalue weighted by Gasteiger charge is 2.16. The molecule has 0 saturated heterocycles. The van der Waals surface area contributed by atoms with E-state index in [0.717, 1.165) is 5.56 Å². The lowest BCUT2D eigenvalue weighted by atomic mass is 10.1. The van der Waals surface area contributed by atoms with Gasteiger partial charge in [0.1, 0.15) is 0 Å². The van der Waals surface area contributed by atoms with E-state index in [1.807, 2.05) is 20.8 Å². The van der Waals surface area contributed by atoms with Gasteiger partial charge in [-0.15, -0.1) is 6.58 Å². The van der Waals surface area contributed by atoms with E-state index < -0.39 is 5.97 Å². The van der Waals surface area contributed by atoms with Gasteiger partial charge < -0.3 is 15.3 Å². The van der Waals surface area contributed by atoms with Crippen LogP contribution in [0.1, 0.15) is 29.8 Å². The summed E-state index contributed by atoms with van der Waals surface area (Å²) in [6.07, 6.45) is 1.65. The monoisotopic (exact) mass is 276 g/mol. The number of nitrogens with zero attached hydrogens (tertiary/aromatic N) is 1. The maximum Gasteiger partial charge on any atom is 0.335 e. The summed E-state index contributed by atoms with van der Waals surface area (Å²) in [6, 6.07) is 4.40. The summed E-state index contributed by atoms with van der Waals surface area (Å²) < 4.78 is 0. The Bertz CT molecular complexity index is 524. The Morgan fingerprint density at radius 3 is 2.60 bits per heavy atom. The number of amides is 2. The summed E-state index contributed by atoms with van der Waals surface area (Å²) in [5, 5.41) is 11.7. The number of urea groups is 1. The molecule has 1 aromatic rings. The van der Waals surface area contributed by atoms with Crippen LogP contribution in [0.3, 0.4) is 0 Å². The second-order valence-corrected chi connectivity index (χ2v) is 4.80. The van der Waals surface area contributed by atoms with E-state index in [2.05, 4.69) is 11.9 Å². The molecule has 0 aliphatic rings. The zero-order chi connectivity index (χ0) is 15.3. The van der Waals surface area contributed by atoms with E-state index in [4.69, 9.17) is 5.11 Å². The van der Waals surface area contributed by atoms with E-state index in [1.165, 1.54) is 12.1 Å². The van der Waals surface area contributed by atoms with Crippen molar-refractivity contribution in [1.82, 2.24) is 4.90 Å². The third-order valence-corrected chi connectivity index (χ3v) is 2.94. The van der Waals surface area contributed by atoms with Crippen LogP contribution in [0.5, 0.6) is 0 Å². The minimum atomic E-state index is -1.02. The number of carboxylic acid groups (broad SMARTS) is 1. The smallest absolute Gasteiger partial charge is 0.335 e. The van der Waals surface area contributed by atoms with Crippen LogP contribution in [0.15, 0.2) is 30.9 Å². The van der Waals surface area contributed by atoms with Gasteiger partial charge in [0.2, 0.25) is 0 Å². The Labute approximate surface area is 118 Å².